The molecule has 0 radical (unpaired) electrons. The Balaban J connectivity index is 2.56. The topological polar surface area (TPSA) is 72.5 Å². The summed E-state index contributed by atoms with van der Waals surface area (Å²) >= 11 is 0. The van der Waals surface area contributed by atoms with Gasteiger partial charge in [-0.2, -0.15) is 0 Å². The van der Waals surface area contributed by atoms with E-state index in [0.717, 1.165) is 19.4 Å². The molecule has 1 N–H and O–H groups in total. The maximum atomic E-state index is 12.1. The van der Waals surface area contributed by atoms with Crippen LogP contribution in [-0.4, -0.2) is 45.6 Å². The molecule has 5 nitrogen and oxygen atoms in total. The molecule has 6 heteroatoms. The lowest BCUT2D eigenvalue weighted by Gasteiger charge is -2.30. The van der Waals surface area contributed by atoms with E-state index >= 15 is 0 Å². The van der Waals surface area contributed by atoms with Gasteiger partial charge >= 0.3 is 5.97 Å². The minimum Gasteiger partial charge on any atom is -0.469 e. The standard InChI is InChI=1S/C14H27NO4S/c1-3-15-13(12-7-5-4-6-8-12)11-20(17,18)10-9-14(16)19-2/h12-13,15H,3-11H2,1-2H3. The monoisotopic (exact) mass is 305 g/mol. The summed E-state index contributed by atoms with van der Waals surface area (Å²) in [6.45, 7) is 2.77. The number of methoxy groups -OCH3 is 1. The van der Waals surface area contributed by atoms with Crippen molar-refractivity contribution in [2.45, 2.75) is 51.5 Å². The predicted octanol–water partition coefficient (Wildman–Crippen LogP) is 1.52. The Morgan fingerprint density at radius 1 is 1.30 bits per heavy atom. The molecule has 0 bridgehead atoms. The third-order valence-corrected chi connectivity index (χ3v) is 5.66. The summed E-state index contributed by atoms with van der Waals surface area (Å²) in [5, 5.41) is 3.31. The molecule has 0 aromatic carbocycles. The third-order valence-electron chi connectivity index (χ3n) is 3.96. The summed E-state index contributed by atoms with van der Waals surface area (Å²) in [6, 6.07) is 0.0166. The second-order valence-electron chi connectivity index (χ2n) is 5.50. The number of rotatable bonds is 8. The highest BCUT2D eigenvalue weighted by molar-refractivity contribution is 7.91. The summed E-state index contributed by atoms with van der Waals surface area (Å²) < 4.78 is 28.8. The molecular formula is C14H27NO4S. The maximum Gasteiger partial charge on any atom is 0.306 e. The van der Waals surface area contributed by atoms with Crippen LogP contribution in [0.2, 0.25) is 0 Å². The highest BCUT2D eigenvalue weighted by Crippen LogP contribution is 2.27. The van der Waals surface area contributed by atoms with Crippen LogP contribution in [0.3, 0.4) is 0 Å². The van der Waals surface area contributed by atoms with Crippen molar-refractivity contribution in [2.24, 2.45) is 5.92 Å². The number of carbonyl (C=O) groups excluding carboxylic acids is 1. The number of hydrogen-bond donors (Lipinski definition) is 1. The third kappa shape index (κ3) is 6.22. The summed E-state index contributed by atoms with van der Waals surface area (Å²) in [7, 11) is -1.94. The first-order valence-electron chi connectivity index (χ1n) is 7.49. The summed E-state index contributed by atoms with van der Waals surface area (Å²) in [5.74, 6) is -0.0144. The smallest absolute Gasteiger partial charge is 0.306 e. The molecule has 20 heavy (non-hydrogen) atoms. The van der Waals surface area contributed by atoms with Crippen molar-refractivity contribution in [3.8, 4) is 0 Å². The van der Waals surface area contributed by atoms with Gasteiger partial charge in [-0.15, -0.1) is 0 Å². The Morgan fingerprint density at radius 3 is 2.50 bits per heavy atom. The zero-order chi connectivity index (χ0) is 15.0. The van der Waals surface area contributed by atoms with Gasteiger partial charge in [0.1, 0.15) is 0 Å². The second-order valence-corrected chi connectivity index (χ2v) is 7.73. The Bertz CT molecular complexity index is 388. The minimum atomic E-state index is -3.22. The van der Waals surface area contributed by atoms with Crippen LogP contribution in [0.4, 0.5) is 0 Å². The molecule has 0 amide bonds. The van der Waals surface area contributed by atoms with Crippen molar-refractivity contribution < 1.29 is 17.9 Å². The number of nitrogens with one attached hydrogen (secondary N) is 1. The van der Waals surface area contributed by atoms with Crippen LogP contribution < -0.4 is 5.32 Å². The first-order chi connectivity index (χ1) is 9.48. The lowest BCUT2D eigenvalue weighted by Crippen LogP contribution is -2.43. The summed E-state index contributed by atoms with van der Waals surface area (Å²) in [6.07, 6.45) is 5.78. The van der Waals surface area contributed by atoms with E-state index in [9.17, 15) is 13.2 Å². The minimum absolute atomic E-state index is 0.0166. The normalized spacial score (nSPS) is 18.7. The van der Waals surface area contributed by atoms with Gasteiger partial charge in [-0.05, 0) is 25.3 Å². The Morgan fingerprint density at radius 2 is 1.95 bits per heavy atom. The predicted molar refractivity (Wildman–Crippen MR) is 79.3 cm³/mol. The molecule has 1 unspecified atom stereocenters. The van der Waals surface area contributed by atoms with Gasteiger partial charge in [0.2, 0.25) is 0 Å². The highest BCUT2D eigenvalue weighted by atomic mass is 32.2. The largest absolute Gasteiger partial charge is 0.469 e. The fraction of sp³-hybridized carbons (Fsp3) is 0.929. The number of ether oxygens (including phenoxy) is 1. The molecule has 0 heterocycles. The fourth-order valence-corrected chi connectivity index (χ4v) is 4.44. The first kappa shape index (κ1) is 17.4. The van der Waals surface area contributed by atoms with Crippen LogP contribution in [0.15, 0.2) is 0 Å². The molecule has 1 atom stereocenters. The van der Waals surface area contributed by atoms with Crippen LogP contribution in [0.5, 0.6) is 0 Å². The van der Waals surface area contributed by atoms with Crippen LogP contribution in [0, 0.1) is 5.92 Å². The average Bonchev–Trinajstić information content (AvgIpc) is 2.45. The number of hydrogen-bond acceptors (Lipinski definition) is 5. The second kappa shape index (κ2) is 8.62. The lowest BCUT2D eigenvalue weighted by molar-refractivity contribution is -0.140. The quantitative estimate of drug-likeness (QED) is 0.688. The van der Waals surface area contributed by atoms with E-state index in [1.54, 1.807) is 0 Å². The number of esters is 1. The summed E-state index contributed by atoms with van der Waals surface area (Å²) in [5.41, 5.74) is 0. The average molecular weight is 305 g/mol. The molecule has 1 aliphatic rings. The van der Waals surface area contributed by atoms with Gasteiger partial charge in [-0.25, -0.2) is 8.42 Å². The Hall–Kier alpha value is -0.620. The van der Waals surface area contributed by atoms with E-state index in [1.807, 2.05) is 6.92 Å². The van der Waals surface area contributed by atoms with Crippen molar-refractivity contribution in [1.29, 1.82) is 0 Å². The van der Waals surface area contributed by atoms with Crippen LogP contribution >= 0.6 is 0 Å². The number of carbonyl (C=O) groups is 1. The van der Waals surface area contributed by atoms with Crippen molar-refractivity contribution in [3.05, 3.63) is 0 Å². The SMILES string of the molecule is CCNC(CS(=O)(=O)CCC(=O)OC)C1CCCCC1. The first-order valence-corrected chi connectivity index (χ1v) is 9.31. The van der Waals surface area contributed by atoms with E-state index in [4.69, 9.17) is 0 Å². The maximum absolute atomic E-state index is 12.1. The molecule has 1 aliphatic carbocycles. The molecule has 0 aromatic heterocycles. The number of sulfone groups is 1. The fourth-order valence-electron chi connectivity index (χ4n) is 2.86. The molecule has 118 valence electrons. The Kier molecular flexibility index (Phi) is 7.51. The molecule has 1 fully saturated rings. The van der Waals surface area contributed by atoms with Crippen LogP contribution in [-0.2, 0) is 19.4 Å². The Labute approximate surface area is 122 Å². The molecule has 0 spiro atoms. The van der Waals surface area contributed by atoms with Gasteiger partial charge in [-0.1, -0.05) is 26.2 Å². The molecule has 1 saturated carbocycles. The van der Waals surface area contributed by atoms with Gasteiger partial charge in [0.05, 0.1) is 25.0 Å². The van der Waals surface area contributed by atoms with E-state index in [0.29, 0.717) is 5.92 Å². The molecular weight excluding hydrogens is 278 g/mol. The molecule has 1 rings (SSSR count). The molecule has 0 aromatic rings. The van der Waals surface area contributed by atoms with Gasteiger partial charge in [0.15, 0.2) is 9.84 Å². The van der Waals surface area contributed by atoms with E-state index < -0.39 is 15.8 Å². The zero-order valence-electron chi connectivity index (χ0n) is 12.6. The van der Waals surface area contributed by atoms with Gasteiger partial charge in [0, 0.05) is 6.04 Å². The van der Waals surface area contributed by atoms with E-state index in [-0.39, 0.29) is 24.0 Å². The van der Waals surface area contributed by atoms with Gasteiger partial charge in [-0.3, -0.25) is 4.79 Å². The molecule has 0 saturated heterocycles. The van der Waals surface area contributed by atoms with Crippen molar-refractivity contribution in [2.75, 3.05) is 25.2 Å². The summed E-state index contributed by atoms with van der Waals surface area (Å²) in [4.78, 5) is 11.1. The van der Waals surface area contributed by atoms with Crippen LogP contribution in [0.1, 0.15) is 45.4 Å². The zero-order valence-corrected chi connectivity index (χ0v) is 13.4. The van der Waals surface area contributed by atoms with E-state index in [2.05, 4.69) is 10.1 Å². The van der Waals surface area contributed by atoms with Crippen LogP contribution in [0.25, 0.3) is 0 Å². The van der Waals surface area contributed by atoms with Gasteiger partial charge < -0.3 is 10.1 Å². The van der Waals surface area contributed by atoms with Crippen molar-refractivity contribution in [1.82, 2.24) is 5.32 Å². The van der Waals surface area contributed by atoms with E-state index in [1.165, 1.54) is 26.4 Å². The van der Waals surface area contributed by atoms with Crippen molar-refractivity contribution in [3.63, 3.8) is 0 Å². The molecule has 0 aliphatic heterocycles. The lowest BCUT2D eigenvalue weighted by atomic mass is 9.84. The van der Waals surface area contributed by atoms with Crippen molar-refractivity contribution >= 4 is 15.8 Å². The van der Waals surface area contributed by atoms with Gasteiger partial charge in [0.25, 0.3) is 0 Å². The highest BCUT2D eigenvalue weighted by Gasteiger charge is 2.27.